The number of anilines is 1. The van der Waals surface area contributed by atoms with Gasteiger partial charge in [0, 0.05) is 6.54 Å². The number of rotatable bonds is 7. The van der Waals surface area contributed by atoms with Crippen LogP contribution in [0.4, 0.5) is 5.82 Å². The summed E-state index contributed by atoms with van der Waals surface area (Å²) in [5, 5.41) is 29.6. The third kappa shape index (κ3) is 3.84. The van der Waals surface area contributed by atoms with Crippen LogP contribution in [-0.4, -0.2) is 90.2 Å². The Morgan fingerprint density at radius 2 is 2.11 bits per heavy atom. The molecule has 5 atom stereocenters. The molecular formula is C15H23N7O5. The lowest BCUT2D eigenvalue weighted by atomic mass is 10.1. The van der Waals surface area contributed by atoms with Crippen molar-refractivity contribution >= 4 is 23.0 Å². The summed E-state index contributed by atoms with van der Waals surface area (Å²) >= 11 is 0. The van der Waals surface area contributed by atoms with E-state index in [4.69, 9.17) is 21.3 Å². The predicted octanol–water partition coefficient (Wildman–Crippen LogP) is -2.24. The molecule has 12 heteroatoms. The normalized spacial score (nSPS) is 26.7. The molecule has 7 N–H and O–H groups in total. The Labute approximate surface area is 154 Å². The highest BCUT2D eigenvalue weighted by atomic mass is 16.6. The zero-order valence-electron chi connectivity index (χ0n) is 14.7. The van der Waals surface area contributed by atoms with Gasteiger partial charge >= 0.3 is 5.97 Å². The molecule has 2 aromatic rings. The number of carboxylic acid groups (broad SMARTS) is 1. The number of carboxylic acids is 1. The van der Waals surface area contributed by atoms with Gasteiger partial charge in [0.05, 0.1) is 6.33 Å². The van der Waals surface area contributed by atoms with Gasteiger partial charge < -0.3 is 36.4 Å². The average Bonchev–Trinajstić information content (AvgIpc) is 3.17. The molecule has 0 radical (unpaired) electrons. The van der Waals surface area contributed by atoms with Crippen molar-refractivity contribution in [2.75, 3.05) is 25.9 Å². The number of carbonyl (C=O) groups is 1. The molecule has 0 saturated carbocycles. The van der Waals surface area contributed by atoms with E-state index in [1.165, 1.54) is 17.2 Å². The van der Waals surface area contributed by atoms with Gasteiger partial charge in [-0.25, -0.2) is 15.0 Å². The molecule has 3 rings (SSSR count). The van der Waals surface area contributed by atoms with Gasteiger partial charge in [-0.05, 0) is 20.0 Å². The highest BCUT2D eigenvalue weighted by molar-refractivity contribution is 5.81. The van der Waals surface area contributed by atoms with Gasteiger partial charge in [0.2, 0.25) is 0 Å². The SMILES string of the molecule is CN(CCC(N)C(=O)O)C[C@H]1O[C@@H](n2cnc3c(N)ncnc32)C(O)C1O. The molecule has 1 saturated heterocycles. The summed E-state index contributed by atoms with van der Waals surface area (Å²) in [6.45, 7) is 0.684. The fourth-order valence-corrected chi connectivity index (χ4v) is 3.05. The Hall–Kier alpha value is -2.38. The molecule has 27 heavy (non-hydrogen) atoms. The average molecular weight is 381 g/mol. The summed E-state index contributed by atoms with van der Waals surface area (Å²) in [5.41, 5.74) is 12.0. The first kappa shape index (κ1) is 19.4. The second-order valence-electron chi connectivity index (χ2n) is 6.62. The number of fused-ring (bicyclic) bond motifs is 1. The third-order valence-electron chi connectivity index (χ3n) is 4.63. The van der Waals surface area contributed by atoms with Gasteiger partial charge in [-0.1, -0.05) is 0 Å². The number of aromatic nitrogens is 4. The number of hydrogen-bond acceptors (Lipinski definition) is 10. The zero-order chi connectivity index (χ0) is 19.7. The Kier molecular flexibility index (Phi) is 5.53. The van der Waals surface area contributed by atoms with Crippen LogP contribution in [0.15, 0.2) is 12.7 Å². The fraction of sp³-hybridized carbons (Fsp3) is 0.600. The molecule has 3 heterocycles. The maximum atomic E-state index is 10.8. The molecule has 0 bridgehead atoms. The Morgan fingerprint density at radius 1 is 1.37 bits per heavy atom. The second-order valence-corrected chi connectivity index (χ2v) is 6.62. The first-order valence-electron chi connectivity index (χ1n) is 8.41. The lowest BCUT2D eigenvalue weighted by molar-refractivity contribution is -0.138. The molecule has 1 aliphatic heterocycles. The van der Waals surface area contributed by atoms with E-state index < -0.39 is 36.6 Å². The fourth-order valence-electron chi connectivity index (χ4n) is 3.05. The third-order valence-corrected chi connectivity index (χ3v) is 4.63. The Morgan fingerprint density at radius 3 is 2.81 bits per heavy atom. The highest BCUT2D eigenvalue weighted by Gasteiger charge is 2.44. The number of nitrogens with two attached hydrogens (primary N) is 2. The smallest absolute Gasteiger partial charge is 0.320 e. The minimum atomic E-state index is -1.20. The molecule has 0 amide bonds. The molecule has 0 aromatic carbocycles. The summed E-state index contributed by atoms with van der Waals surface area (Å²) in [5.74, 6) is -0.859. The van der Waals surface area contributed by atoms with E-state index in [-0.39, 0.29) is 18.8 Å². The van der Waals surface area contributed by atoms with E-state index in [0.29, 0.717) is 17.7 Å². The van der Waals surface area contributed by atoms with Gasteiger partial charge in [0.25, 0.3) is 0 Å². The van der Waals surface area contributed by atoms with Crippen LogP contribution in [0.25, 0.3) is 11.2 Å². The van der Waals surface area contributed by atoms with Gasteiger partial charge in [-0.15, -0.1) is 0 Å². The highest BCUT2D eigenvalue weighted by Crippen LogP contribution is 2.32. The molecule has 0 spiro atoms. The van der Waals surface area contributed by atoms with Crippen molar-refractivity contribution in [3.63, 3.8) is 0 Å². The molecule has 3 unspecified atom stereocenters. The summed E-state index contributed by atoms with van der Waals surface area (Å²) in [7, 11) is 1.75. The molecule has 1 fully saturated rings. The number of imidazole rings is 1. The lowest BCUT2D eigenvalue weighted by Gasteiger charge is -2.23. The molecular weight excluding hydrogens is 358 g/mol. The van der Waals surface area contributed by atoms with Crippen molar-refractivity contribution in [1.82, 2.24) is 24.4 Å². The second kappa shape index (κ2) is 7.70. The standard InChI is InChI=1S/C15H23N7O5/c1-21(3-2-7(16)15(25)26)4-8-10(23)11(24)14(27-8)22-6-20-9-12(17)18-5-19-13(9)22/h5-8,10-11,14,23-24H,2-4,16H2,1H3,(H,25,26)(H2,17,18,19)/t7?,8-,10?,11?,14-/m1/s1. The maximum Gasteiger partial charge on any atom is 0.320 e. The molecule has 1 aliphatic rings. The van der Waals surface area contributed by atoms with E-state index in [0.717, 1.165) is 0 Å². The van der Waals surface area contributed by atoms with Crippen LogP contribution < -0.4 is 11.5 Å². The van der Waals surface area contributed by atoms with Crippen LogP contribution in [0.5, 0.6) is 0 Å². The number of nitrogens with zero attached hydrogens (tertiary/aromatic N) is 5. The lowest BCUT2D eigenvalue weighted by Crippen LogP contribution is -2.40. The van der Waals surface area contributed by atoms with Crippen LogP contribution >= 0.6 is 0 Å². The summed E-state index contributed by atoms with van der Waals surface area (Å²) in [6, 6.07) is -0.956. The quantitative estimate of drug-likeness (QED) is 0.349. The number of aliphatic hydroxyl groups is 2. The number of aliphatic carboxylic acids is 1. The number of aliphatic hydroxyl groups excluding tert-OH is 2. The van der Waals surface area contributed by atoms with E-state index >= 15 is 0 Å². The van der Waals surface area contributed by atoms with Crippen molar-refractivity contribution in [2.45, 2.75) is 37.0 Å². The van der Waals surface area contributed by atoms with E-state index in [1.807, 2.05) is 0 Å². The number of hydrogen-bond donors (Lipinski definition) is 5. The maximum absolute atomic E-state index is 10.8. The van der Waals surface area contributed by atoms with Crippen LogP contribution in [0.3, 0.4) is 0 Å². The van der Waals surface area contributed by atoms with Crippen molar-refractivity contribution < 1.29 is 24.9 Å². The van der Waals surface area contributed by atoms with Gasteiger partial charge in [0.15, 0.2) is 17.7 Å². The number of nitrogen functional groups attached to an aromatic ring is 1. The van der Waals surface area contributed by atoms with Crippen molar-refractivity contribution in [3.8, 4) is 0 Å². The largest absolute Gasteiger partial charge is 0.480 e. The Balaban J connectivity index is 1.68. The van der Waals surface area contributed by atoms with Crippen LogP contribution in [0, 0.1) is 0 Å². The Bertz CT molecular complexity index is 815. The first-order valence-corrected chi connectivity index (χ1v) is 8.41. The van der Waals surface area contributed by atoms with E-state index in [9.17, 15) is 15.0 Å². The monoisotopic (exact) mass is 381 g/mol. The summed E-state index contributed by atoms with van der Waals surface area (Å²) in [4.78, 5) is 24.7. The van der Waals surface area contributed by atoms with Crippen LogP contribution in [0.1, 0.15) is 12.6 Å². The zero-order valence-corrected chi connectivity index (χ0v) is 14.7. The first-order chi connectivity index (χ1) is 12.8. The number of ether oxygens (including phenoxy) is 1. The minimum absolute atomic E-state index is 0.206. The van der Waals surface area contributed by atoms with E-state index in [1.54, 1.807) is 11.9 Å². The van der Waals surface area contributed by atoms with Crippen molar-refractivity contribution in [1.29, 1.82) is 0 Å². The number of likely N-dealkylation sites (N-methyl/N-ethyl adjacent to an activating group) is 1. The molecule has 0 aliphatic carbocycles. The van der Waals surface area contributed by atoms with Crippen molar-refractivity contribution in [3.05, 3.63) is 12.7 Å². The molecule has 2 aromatic heterocycles. The van der Waals surface area contributed by atoms with Gasteiger partial charge in [-0.3, -0.25) is 9.36 Å². The van der Waals surface area contributed by atoms with Crippen LogP contribution in [0.2, 0.25) is 0 Å². The minimum Gasteiger partial charge on any atom is -0.480 e. The van der Waals surface area contributed by atoms with Gasteiger partial charge in [0.1, 0.15) is 36.2 Å². The summed E-state index contributed by atoms with van der Waals surface area (Å²) in [6.07, 6.45) is -0.950. The topological polar surface area (TPSA) is 186 Å². The van der Waals surface area contributed by atoms with Gasteiger partial charge in [-0.2, -0.15) is 0 Å². The van der Waals surface area contributed by atoms with Crippen LogP contribution in [-0.2, 0) is 9.53 Å². The molecule has 12 nitrogen and oxygen atoms in total. The van der Waals surface area contributed by atoms with Crippen molar-refractivity contribution in [2.24, 2.45) is 5.73 Å². The van der Waals surface area contributed by atoms with E-state index in [2.05, 4.69) is 15.0 Å². The molecule has 148 valence electrons. The summed E-state index contributed by atoms with van der Waals surface area (Å²) < 4.78 is 7.34. The predicted molar refractivity (Wildman–Crippen MR) is 93.4 cm³/mol.